The van der Waals surface area contributed by atoms with Gasteiger partial charge in [-0.05, 0) is 12.1 Å². The van der Waals surface area contributed by atoms with E-state index in [0.717, 1.165) is 22.1 Å². The lowest BCUT2D eigenvalue weighted by atomic mass is 10.1. The minimum absolute atomic E-state index is 0.0469. The Hall–Kier alpha value is -1.86. The van der Waals surface area contributed by atoms with Crippen molar-refractivity contribution in [3.8, 4) is 0 Å². The van der Waals surface area contributed by atoms with Crippen LogP contribution in [0.5, 0.6) is 0 Å². The summed E-state index contributed by atoms with van der Waals surface area (Å²) in [5.41, 5.74) is 2.11. The SMILES string of the molecule is OCCOCCNc1cccc2c(NCCOCCO)cccc12. The Morgan fingerprint density at radius 3 is 1.54 bits per heavy atom. The Labute approximate surface area is 142 Å². The van der Waals surface area contributed by atoms with E-state index in [2.05, 4.69) is 22.8 Å². The molecular weight excluding hydrogens is 308 g/mol. The van der Waals surface area contributed by atoms with Crippen LogP contribution >= 0.6 is 0 Å². The number of benzene rings is 2. The maximum absolute atomic E-state index is 8.70. The van der Waals surface area contributed by atoms with Crippen LogP contribution in [0, 0.1) is 0 Å². The molecule has 4 N–H and O–H groups in total. The van der Waals surface area contributed by atoms with Crippen LogP contribution in [0.15, 0.2) is 36.4 Å². The van der Waals surface area contributed by atoms with Gasteiger partial charge in [0, 0.05) is 35.2 Å². The summed E-state index contributed by atoms with van der Waals surface area (Å²) in [6.07, 6.45) is 0. The highest BCUT2D eigenvalue weighted by Crippen LogP contribution is 2.29. The van der Waals surface area contributed by atoms with Crippen molar-refractivity contribution >= 4 is 22.1 Å². The first-order valence-electron chi connectivity index (χ1n) is 8.23. The zero-order valence-corrected chi connectivity index (χ0v) is 13.8. The van der Waals surface area contributed by atoms with Gasteiger partial charge in [-0.2, -0.15) is 0 Å². The van der Waals surface area contributed by atoms with Gasteiger partial charge in [-0.15, -0.1) is 0 Å². The number of aliphatic hydroxyl groups excluding tert-OH is 2. The first kappa shape index (κ1) is 18.5. The van der Waals surface area contributed by atoms with Gasteiger partial charge in [-0.1, -0.05) is 24.3 Å². The number of aliphatic hydroxyl groups is 2. The summed E-state index contributed by atoms with van der Waals surface area (Å²) in [7, 11) is 0. The van der Waals surface area contributed by atoms with Gasteiger partial charge in [-0.3, -0.25) is 0 Å². The zero-order chi connectivity index (χ0) is 17.0. The lowest BCUT2D eigenvalue weighted by molar-refractivity contribution is 0.0992. The molecule has 2 aromatic rings. The van der Waals surface area contributed by atoms with E-state index in [1.54, 1.807) is 0 Å². The lowest BCUT2D eigenvalue weighted by Crippen LogP contribution is -2.12. The second-order valence-electron chi connectivity index (χ2n) is 5.23. The van der Waals surface area contributed by atoms with E-state index < -0.39 is 0 Å². The maximum atomic E-state index is 8.70. The van der Waals surface area contributed by atoms with E-state index in [9.17, 15) is 0 Å². The van der Waals surface area contributed by atoms with E-state index in [0.29, 0.717) is 39.5 Å². The second kappa shape index (κ2) is 10.8. The Kier molecular flexibility index (Phi) is 8.34. The fourth-order valence-electron chi connectivity index (χ4n) is 2.47. The molecule has 132 valence electrons. The van der Waals surface area contributed by atoms with Crippen molar-refractivity contribution in [2.45, 2.75) is 0 Å². The molecule has 0 spiro atoms. The molecule has 0 aliphatic rings. The van der Waals surface area contributed by atoms with Crippen LogP contribution in [0.4, 0.5) is 11.4 Å². The normalized spacial score (nSPS) is 10.9. The standard InChI is InChI=1S/C18H26N2O4/c21-9-13-23-11-7-19-17-5-1-3-15-16(17)4-2-6-18(15)20-8-12-24-14-10-22/h1-6,19-22H,7-14H2. The first-order chi connectivity index (χ1) is 11.9. The van der Waals surface area contributed by atoms with Crippen LogP contribution < -0.4 is 10.6 Å². The molecule has 2 rings (SSSR count). The largest absolute Gasteiger partial charge is 0.394 e. The zero-order valence-electron chi connectivity index (χ0n) is 13.8. The van der Waals surface area contributed by atoms with Crippen LogP contribution in [0.25, 0.3) is 10.8 Å². The van der Waals surface area contributed by atoms with E-state index in [1.807, 2.05) is 24.3 Å². The molecule has 24 heavy (non-hydrogen) atoms. The lowest BCUT2D eigenvalue weighted by Gasteiger charge is -2.14. The van der Waals surface area contributed by atoms with Gasteiger partial charge in [-0.25, -0.2) is 0 Å². The number of rotatable bonds is 12. The smallest absolute Gasteiger partial charge is 0.0698 e. The topological polar surface area (TPSA) is 83.0 Å². The summed E-state index contributed by atoms with van der Waals surface area (Å²) in [4.78, 5) is 0. The summed E-state index contributed by atoms with van der Waals surface area (Å²) >= 11 is 0. The summed E-state index contributed by atoms with van der Waals surface area (Å²) in [6.45, 7) is 3.30. The van der Waals surface area contributed by atoms with Gasteiger partial charge >= 0.3 is 0 Å². The molecule has 0 bridgehead atoms. The van der Waals surface area contributed by atoms with E-state index in [1.165, 1.54) is 0 Å². The average molecular weight is 334 g/mol. The number of ether oxygens (including phenoxy) is 2. The summed E-state index contributed by atoms with van der Waals surface area (Å²) in [5, 5.41) is 26.4. The Morgan fingerprint density at radius 1 is 0.667 bits per heavy atom. The molecule has 2 aromatic carbocycles. The van der Waals surface area contributed by atoms with Gasteiger partial charge in [0.2, 0.25) is 0 Å². The van der Waals surface area contributed by atoms with Crippen molar-refractivity contribution in [2.24, 2.45) is 0 Å². The van der Waals surface area contributed by atoms with E-state index >= 15 is 0 Å². The summed E-state index contributed by atoms with van der Waals surface area (Å²) < 4.78 is 10.5. The van der Waals surface area contributed by atoms with Crippen LogP contribution in [-0.2, 0) is 9.47 Å². The molecule has 0 aromatic heterocycles. The number of nitrogens with one attached hydrogen (secondary N) is 2. The molecular formula is C18H26N2O4. The molecule has 6 heteroatoms. The molecule has 0 heterocycles. The minimum atomic E-state index is 0.0469. The highest BCUT2D eigenvalue weighted by Gasteiger charge is 2.04. The molecule has 0 fully saturated rings. The Balaban J connectivity index is 1.97. The van der Waals surface area contributed by atoms with Crippen LogP contribution in [0.1, 0.15) is 0 Å². The number of anilines is 2. The fourth-order valence-corrected chi connectivity index (χ4v) is 2.47. The second-order valence-corrected chi connectivity index (χ2v) is 5.23. The third kappa shape index (κ3) is 5.65. The predicted molar refractivity (Wildman–Crippen MR) is 96.7 cm³/mol. The first-order valence-corrected chi connectivity index (χ1v) is 8.23. The third-order valence-electron chi connectivity index (χ3n) is 3.52. The number of fused-ring (bicyclic) bond motifs is 1. The minimum Gasteiger partial charge on any atom is -0.394 e. The van der Waals surface area contributed by atoms with Crippen molar-refractivity contribution in [1.29, 1.82) is 0 Å². The van der Waals surface area contributed by atoms with Gasteiger partial charge < -0.3 is 30.3 Å². The highest BCUT2D eigenvalue weighted by molar-refractivity contribution is 6.01. The molecule has 0 saturated carbocycles. The van der Waals surface area contributed by atoms with Crippen LogP contribution in [0.3, 0.4) is 0 Å². The van der Waals surface area contributed by atoms with Crippen LogP contribution in [0.2, 0.25) is 0 Å². The van der Waals surface area contributed by atoms with Gasteiger partial charge in [0.05, 0.1) is 39.6 Å². The monoisotopic (exact) mass is 334 g/mol. The number of hydrogen-bond acceptors (Lipinski definition) is 6. The molecule has 0 aliphatic carbocycles. The van der Waals surface area contributed by atoms with Crippen molar-refractivity contribution in [3.63, 3.8) is 0 Å². The Bertz CT molecular complexity index is 553. The number of hydrogen-bond donors (Lipinski definition) is 4. The quantitative estimate of drug-likeness (QED) is 0.442. The molecule has 0 radical (unpaired) electrons. The van der Waals surface area contributed by atoms with Crippen molar-refractivity contribution in [2.75, 3.05) is 63.4 Å². The van der Waals surface area contributed by atoms with Crippen LogP contribution in [-0.4, -0.2) is 62.9 Å². The summed E-state index contributed by atoms with van der Waals surface area (Å²) in [5.74, 6) is 0. The molecule has 6 nitrogen and oxygen atoms in total. The third-order valence-corrected chi connectivity index (χ3v) is 3.52. The summed E-state index contributed by atoms with van der Waals surface area (Å²) in [6, 6.07) is 12.3. The van der Waals surface area contributed by atoms with Gasteiger partial charge in [0.25, 0.3) is 0 Å². The Morgan fingerprint density at radius 2 is 1.12 bits per heavy atom. The highest BCUT2D eigenvalue weighted by atomic mass is 16.5. The molecule has 0 aliphatic heterocycles. The van der Waals surface area contributed by atoms with Crippen molar-refractivity contribution < 1.29 is 19.7 Å². The van der Waals surface area contributed by atoms with Crippen molar-refractivity contribution in [1.82, 2.24) is 0 Å². The maximum Gasteiger partial charge on any atom is 0.0698 e. The average Bonchev–Trinajstić information content (AvgIpc) is 2.61. The molecule has 0 unspecified atom stereocenters. The van der Waals surface area contributed by atoms with E-state index in [-0.39, 0.29) is 13.2 Å². The molecule has 0 atom stereocenters. The predicted octanol–water partition coefficient (Wildman–Crippen LogP) is 1.68. The van der Waals surface area contributed by atoms with Gasteiger partial charge in [0.1, 0.15) is 0 Å². The molecule has 0 amide bonds. The van der Waals surface area contributed by atoms with Gasteiger partial charge in [0.15, 0.2) is 0 Å². The fraction of sp³-hybridized carbons (Fsp3) is 0.444. The van der Waals surface area contributed by atoms with E-state index in [4.69, 9.17) is 19.7 Å². The molecule has 0 saturated heterocycles. The van der Waals surface area contributed by atoms with Crippen molar-refractivity contribution in [3.05, 3.63) is 36.4 Å².